The Balaban J connectivity index is 2.26. The van der Waals surface area contributed by atoms with Crippen molar-refractivity contribution in [3.8, 4) is 6.07 Å². The summed E-state index contributed by atoms with van der Waals surface area (Å²) in [6, 6.07) is 5.31. The molecule has 1 aromatic carbocycles. The minimum absolute atomic E-state index is 0.114. The van der Waals surface area contributed by atoms with Gasteiger partial charge in [-0.05, 0) is 30.4 Å². The van der Waals surface area contributed by atoms with E-state index in [0.717, 1.165) is 11.8 Å². The normalized spacial score (nSPS) is 21.9. The lowest BCUT2D eigenvalue weighted by Crippen LogP contribution is -2.47. The highest BCUT2D eigenvalue weighted by Gasteiger charge is 2.37. The third-order valence-corrected chi connectivity index (χ3v) is 5.00. The average Bonchev–Trinajstić information content (AvgIpc) is 2.87. The molecule has 1 N–H and O–H groups in total. The molecule has 112 valence electrons. The standard InChI is InChI=1S/C13H10BrF3N2OS/c14-10-2-1-8(5-9(10)13(15,16)17)11(20)19-12(6-18)3-4-21-7-12/h1-2,5H,3-4,7H2,(H,19,20). The maximum atomic E-state index is 12.8. The molecule has 1 atom stereocenters. The number of rotatable bonds is 2. The first kappa shape index (κ1) is 16.2. The van der Waals surface area contributed by atoms with Gasteiger partial charge in [0.2, 0.25) is 0 Å². The Morgan fingerprint density at radius 2 is 2.19 bits per heavy atom. The van der Waals surface area contributed by atoms with Crippen LogP contribution in [0, 0.1) is 11.3 Å². The largest absolute Gasteiger partial charge is 0.417 e. The first-order valence-corrected chi connectivity index (χ1v) is 7.90. The fourth-order valence-electron chi connectivity index (χ4n) is 1.95. The third-order valence-electron chi connectivity index (χ3n) is 3.12. The summed E-state index contributed by atoms with van der Waals surface area (Å²) in [7, 11) is 0. The number of carbonyl (C=O) groups is 1. The summed E-state index contributed by atoms with van der Waals surface area (Å²) < 4.78 is 38.3. The van der Waals surface area contributed by atoms with E-state index in [1.165, 1.54) is 23.9 Å². The first-order chi connectivity index (χ1) is 9.77. The van der Waals surface area contributed by atoms with E-state index in [4.69, 9.17) is 0 Å². The second-order valence-corrected chi connectivity index (χ2v) is 6.60. The van der Waals surface area contributed by atoms with Gasteiger partial charge in [0.05, 0.1) is 11.6 Å². The minimum Gasteiger partial charge on any atom is -0.333 e. The minimum atomic E-state index is -4.55. The summed E-state index contributed by atoms with van der Waals surface area (Å²) in [4.78, 5) is 12.1. The van der Waals surface area contributed by atoms with Crippen molar-refractivity contribution in [2.24, 2.45) is 0 Å². The van der Waals surface area contributed by atoms with Gasteiger partial charge in [-0.15, -0.1) is 0 Å². The van der Waals surface area contributed by atoms with E-state index in [1.54, 1.807) is 0 Å². The van der Waals surface area contributed by atoms with Crippen LogP contribution in [0.15, 0.2) is 22.7 Å². The zero-order valence-corrected chi connectivity index (χ0v) is 13.0. The van der Waals surface area contributed by atoms with E-state index in [9.17, 15) is 23.2 Å². The van der Waals surface area contributed by atoms with Crippen LogP contribution < -0.4 is 5.32 Å². The second-order valence-electron chi connectivity index (χ2n) is 4.64. The Bertz CT molecular complexity index is 606. The lowest BCUT2D eigenvalue weighted by atomic mass is 10.00. The molecule has 8 heteroatoms. The summed E-state index contributed by atoms with van der Waals surface area (Å²) >= 11 is 4.35. The maximum Gasteiger partial charge on any atom is 0.417 e. The van der Waals surface area contributed by atoms with E-state index >= 15 is 0 Å². The molecule has 1 aromatic rings. The quantitative estimate of drug-likeness (QED) is 0.855. The molecule has 0 bridgehead atoms. The van der Waals surface area contributed by atoms with E-state index in [-0.39, 0.29) is 10.0 Å². The lowest BCUT2D eigenvalue weighted by molar-refractivity contribution is -0.138. The highest BCUT2D eigenvalue weighted by Crippen LogP contribution is 2.35. The highest BCUT2D eigenvalue weighted by molar-refractivity contribution is 9.10. The van der Waals surface area contributed by atoms with Crippen LogP contribution in [0.5, 0.6) is 0 Å². The molecule has 2 rings (SSSR count). The van der Waals surface area contributed by atoms with Crippen molar-refractivity contribution < 1.29 is 18.0 Å². The molecule has 3 nitrogen and oxygen atoms in total. The number of nitriles is 1. The summed E-state index contributed by atoms with van der Waals surface area (Å²) in [5, 5.41) is 11.7. The monoisotopic (exact) mass is 378 g/mol. The van der Waals surface area contributed by atoms with E-state index in [1.807, 2.05) is 0 Å². The predicted molar refractivity (Wildman–Crippen MR) is 76.9 cm³/mol. The predicted octanol–water partition coefficient (Wildman–Crippen LogP) is 3.60. The van der Waals surface area contributed by atoms with Crippen molar-refractivity contribution >= 4 is 33.6 Å². The second kappa shape index (κ2) is 5.89. The Hall–Kier alpha value is -1.20. The Kier molecular flexibility index (Phi) is 4.54. The number of nitrogens with zero attached hydrogens (tertiary/aromatic N) is 1. The zero-order valence-electron chi connectivity index (χ0n) is 10.6. The Morgan fingerprint density at radius 3 is 2.71 bits per heavy atom. The van der Waals surface area contributed by atoms with Gasteiger partial charge in [-0.25, -0.2) is 0 Å². The van der Waals surface area contributed by atoms with Crippen LogP contribution >= 0.6 is 27.7 Å². The number of nitrogens with one attached hydrogen (secondary N) is 1. The molecule has 1 amide bonds. The number of hydrogen-bond acceptors (Lipinski definition) is 3. The molecule has 1 aliphatic heterocycles. The molecule has 0 radical (unpaired) electrons. The van der Waals surface area contributed by atoms with Crippen molar-refractivity contribution in [1.29, 1.82) is 5.26 Å². The topological polar surface area (TPSA) is 52.9 Å². The van der Waals surface area contributed by atoms with Crippen LogP contribution in [0.4, 0.5) is 13.2 Å². The molecule has 0 spiro atoms. The average molecular weight is 379 g/mol. The van der Waals surface area contributed by atoms with Gasteiger partial charge in [0.15, 0.2) is 0 Å². The fraction of sp³-hybridized carbons (Fsp3) is 0.385. The van der Waals surface area contributed by atoms with Crippen LogP contribution in [0.3, 0.4) is 0 Å². The van der Waals surface area contributed by atoms with Gasteiger partial charge < -0.3 is 5.32 Å². The fourth-order valence-corrected chi connectivity index (χ4v) is 3.69. The highest BCUT2D eigenvalue weighted by atomic mass is 79.9. The van der Waals surface area contributed by atoms with Crippen LogP contribution in [0.2, 0.25) is 0 Å². The molecule has 1 fully saturated rings. The van der Waals surface area contributed by atoms with Gasteiger partial charge in [-0.3, -0.25) is 4.79 Å². The molecule has 0 aromatic heterocycles. The summed E-state index contributed by atoms with van der Waals surface area (Å²) in [6.07, 6.45) is -4.06. The van der Waals surface area contributed by atoms with E-state index in [0.29, 0.717) is 12.2 Å². The number of halogens is 4. The first-order valence-electron chi connectivity index (χ1n) is 5.96. The van der Waals surface area contributed by atoms with Crippen molar-refractivity contribution in [2.45, 2.75) is 18.1 Å². The van der Waals surface area contributed by atoms with Gasteiger partial charge in [0, 0.05) is 15.8 Å². The van der Waals surface area contributed by atoms with Crippen molar-refractivity contribution in [3.63, 3.8) is 0 Å². The SMILES string of the molecule is N#CC1(NC(=O)c2ccc(Br)c(C(F)(F)F)c2)CCSC1. The molecule has 1 saturated heterocycles. The molecule has 0 saturated carbocycles. The molecule has 1 heterocycles. The zero-order chi connectivity index (χ0) is 15.7. The van der Waals surface area contributed by atoms with E-state index < -0.39 is 23.2 Å². The molecular weight excluding hydrogens is 369 g/mol. The van der Waals surface area contributed by atoms with Gasteiger partial charge in [0.25, 0.3) is 5.91 Å². The number of carbonyl (C=O) groups excluding carboxylic acids is 1. The number of alkyl halides is 3. The number of hydrogen-bond donors (Lipinski definition) is 1. The summed E-state index contributed by atoms with van der Waals surface area (Å²) in [6.45, 7) is 0. The molecular formula is C13H10BrF3N2OS. The number of benzene rings is 1. The van der Waals surface area contributed by atoms with Crippen LogP contribution in [-0.2, 0) is 6.18 Å². The molecule has 0 aliphatic carbocycles. The Morgan fingerprint density at radius 1 is 1.48 bits per heavy atom. The number of thioether (sulfide) groups is 1. The lowest BCUT2D eigenvalue weighted by Gasteiger charge is -2.21. The summed E-state index contributed by atoms with van der Waals surface area (Å²) in [5.74, 6) is 0.511. The van der Waals surface area contributed by atoms with Gasteiger partial charge >= 0.3 is 6.18 Å². The number of amides is 1. The summed E-state index contributed by atoms with van der Waals surface area (Å²) in [5.41, 5.74) is -2.02. The van der Waals surface area contributed by atoms with Crippen molar-refractivity contribution in [1.82, 2.24) is 5.32 Å². The van der Waals surface area contributed by atoms with Crippen molar-refractivity contribution in [3.05, 3.63) is 33.8 Å². The Labute approximate surface area is 132 Å². The van der Waals surface area contributed by atoms with Crippen LogP contribution in [-0.4, -0.2) is 23.0 Å². The van der Waals surface area contributed by atoms with Crippen molar-refractivity contribution in [2.75, 3.05) is 11.5 Å². The molecule has 1 aliphatic rings. The molecule has 1 unspecified atom stereocenters. The van der Waals surface area contributed by atoms with Gasteiger partial charge in [0.1, 0.15) is 5.54 Å². The van der Waals surface area contributed by atoms with Crippen LogP contribution in [0.1, 0.15) is 22.3 Å². The smallest absolute Gasteiger partial charge is 0.333 e. The van der Waals surface area contributed by atoms with E-state index in [2.05, 4.69) is 27.3 Å². The van der Waals surface area contributed by atoms with Gasteiger partial charge in [-0.2, -0.15) is 30.2 Å². The van der Waals surface area contributed by atoms with Crippen LogP contribution in [0.25, 0.3) is 0 Å². The third kappa shape index (κ3) is 3.52. The maximum absolute atomic E-state index is 12.8. The van der Waals surface area contributed by atoms with Gasteiger partial charge in [-0.1, -0.05) is 15.9 Å². The molecule has 21 heavy (non-hydrogen) atoms.